The molecule has 1 aliphatic rings. The van der Waals surface area contributed by atoms with Gasteiger partial charge in [-0.25, -0.2) is 0 Å². The summed E-state index contributed by atoms with van der Waals surface area (Å²) in [7, 11) is 1.31. The zero-order valence-corrected chi connectivity index (χ0v) is 13.9. The third-order valence-corrected chi connectivity index (χ3v) is 4.49. The number of hydrogen-bond donors (Lipinski definition) is 2. The monoisotopic (exact) mass is 336 g/mol. The van der Waals surface area contributed by atoms with Crippen LogP contribution < -0.4 is 10.6 Å². The molecule has 7 heteroatoms. The first-order valence-electron chi connectivity index (χ1n) is 7.34. The van der Waals surface area contributed by atoms with Crippen molar-refractivity contribution < 1.29 is 19.1 Å². The van der Waals surface area contributed by atoms with Crippen molar-refractivity contribution >= 4 is 29.5 Å². The number of nitrogens with one attached hydrogen (secondary N) is 2. The molecule has 0 unspecified atom stereocenters. The highest BCUT2D eigenvalue weighted by molar-refractivity contribution is 7.98. The minimum atomic E-state index is -0.534. The fourth-order valence-corrected chi connectivity index (χ4v) is 2.83. The number of carbonyl (C=O) groups is 3. The van der Waals surface area contributed by atoms with E-state index in [1.54, 1.807) is 11.8 Å². The van der Waals surface area contributed by atoms with Gasteiger partial charge in [-0.15, -0.1) is 11.8 Å². The van der Waals surface area contributed by atoms with Gasteiger partial charge in [0, 0.05) is 11.3 Å². The van der Waals surface area contributed by atoms with E-state index in [-0.39, 0.29) is 18.2 Å². The highest BCUT2D eigenvalue weighted by atomic mass is 32.2. The van der Waals surface area contributed by atoms with Crippen LogP contribution in [0.5, 0.6) is 0 Å². The Morgan fingerprint density at radius 1 is 1.39 bits per heavy atom. The number of ether oxygens (including phenoxy) is 1. The Bertz CT molecular complexity index is 588. The van der Waals surface area contributed by atoms with E-state index in [1.807, 2.05) is 30.5 Å². The molecule has 1 aliphatic heterocycles. The highest BCUT2D eigenvalue weighted by Gasteiger charge is 2.29. The van der Waals surface area contributed by atoms with Gasteiger partial charge in [0.1, 0.15) is 6.04 Å². The molecule has 0 aromatic heterocycles. The lowest BCUT2D eigenvalue weighted by molar-refractivity contribution is -0.141. The van der Waals surface area contributed by atoms with E-state index >= 15 is 0 Å². The van der Waals surface area contributed by atoms with Gasteiger partial charge in [-0.05, 0) is 30.4 Å². The van der Waals surface area contributed by atoms with Gasteiger partial charge in [-0.1, -0.05) is 12.1 Å². The molecule has 2 amide bonds. The standard InChI is InChI=1S/C16H20N2O4S/c1-22-15(20)9-13(10-3-5-11(23-2)6-4-10)18-16(21)12-7-8-14(19)17-12/h3-6,12-13H,7-9H2,1-2H3,(H,17,19)(H,18,21)/t12-,13+/m0/s1. The molecule has 0 radical (unpaired) electrons. The second-order valence-electron chi connectivity index (χ2n) is 5.27. The lowest BCUT2D eigenvalue weighted by atomic mass is 10.0. The van der Waals surface area contributed by atoms with E-state index in [1.165, 1.54) is 7.11 Å². The summed E-state index contributed by atoms with van der Waals surface area (Å²) in [4.78, 5) is 36.2. The average Bonchev–Trinajstić information content (AvgIpc) is 3.00. The average molecular weight is 336 g/mol. The number of rotatable bonds is 6. The first-order chi connectivity index (χ1) is 11.0. The quantitative estimate of drug-likeness (QED) is 0.606. The highest BCUT2D eigenvalue weighted by Crippen LogP contribution is 2.22. The fourth-order valence-electron chi connectivity index (χ4n) is 2.42. The van der Waals surface area contributed by atoms with Crippen molar-refractivity contribution in [3.8, 4) is 0 Å². The van der Waals surface area contributed by atoms with E-state index in [9.17, 15) is 14.4 Å². The summed E-state index contributed by atoms with van der Waals surface area (Å²) in [6, 6.07) is 6.62. The van der Waals surface area contributed by atoms with E-state index in [0.717, 1.165) is 10.5 Å². The summed E-state index contributed by atoms with van der Waals surface area (Å²) in [6.07, 6.45) is 2.84. The third-order valence-electron chi connectivity index (χ3n) is 3.74. The molecule has 6 nitrogen and oxygen atoms in total. The van der Waals surface area contributed by atoms with Crippen LogP contribution in [0.2, 0.25) is 0 Å². The Morgan fingerprint density at radius 3 is 2.61 bits per heavy atom. The number of carbonyl (C=O) groups excluding carboxylic acids is 3. The first kappa shape index (κ1) is 17.3. The van der Waals surface area contributed by atoms with Gasteiger partial charge in [-0.3, -0.25) is 14.4 Å². The summed E-state index contributed by atoms with van der Waals surface area (Å²) in [5.41, 5.74) is 0.825. The van der Waals surface area contributed by atoms with Crippen molar-refractivity contribution in [2.24, 2.45) is 0 Å². The molecule has 1 fully saturated rings. The molecular formula is C16H20N2O4S. The van der Waals surface area contributed by atoms with Crippen LogP contribution in [-0.2, 0) is 19.1 Å². The van der Waals surface area contributed by atoms with Gasteiger partial charge in [0.25, 0.3) is 0 Å². The first-order valence-corrected chi connectivity index (χ1v) is 8.56. The molecule has 0 aliphatic carbocycles. The van der Waals surface area contributed by atoms with Crippen LogP contribution >= 0.6 is 11.8 Å². The Balaban J connectivity index is 2.11. The zero-order valence-electron chi connectivity index (χ0n) is 13.1. The van der Waals surface area contributed by atoms with Gasteiger partial charge in [-0.2, -0.15) is 0 Å². The molecule has 0 saturated carbocycles. The molecule has 2 rings (SSSR count). The maximum absolute atomic E-state index is 12.3. The SMILES string of the molecule is COC(=O)C[C@@H](NC(=O)[C@@H]1CCC(=O)N1)c1ccc(SC)cc1. The number of hydrogen-bond acceptors (Lipinski definition) is 5. The second-order valence-corrected chi connectivity index (χ2v) is 6.15. The summed E-state index contributed by atoms with van der Waals surface area (Å²) in [6.45, 7) is 0. The molecular weight excluding hydrogens is 316 g/mol. The molecule has 2 N–H and O–H groups in total. The molecule has 124 valence electrons. The molecule has 23 heavy (non-hydrogen) atoms. The van der Waals surface area contributed by atoms with Gasteiger partial charge >= 0.3 is 5.97 Å². The molecule has 1 aromatic rings. The van der Waals surface area contributed by atoms with Crippen LogP contribution in [0.1, 0.15) is 30.9 Å². The summed E-state index contributed by atoms with van der Waals surface area (Å²) in [5.74, 6) is -0.808. The van der Waals surface area contributed by atoms with Crippen molar-refractivity contribution in [3.63, 3.8) is 0 Å². The van der Waals surface area contributed by atoms with Crippen molar-refractivity contribution in [1.29, 1.82) is 0 Å². The molecule has 1 saturated heterocycles. The maximum Gasteiger partial charge on any atom is 0.307 e. The summed E-state index contributed by atoms with van der Waals surface area (Å²) in [5, 5.41) is 5.46. The van der Waals surface area contributed by atoms with Crippen molar-refractivity contribution in [2.45, 2.75) is 36.2 Å². The summed E-state index contributed by atoms with van der Waals surface area (Å²) < 4.78 is 4.71. The third kappa shape index (κ3) is 4.72. The van der Waals surface area contributed by atoms with Gasteiger partial charge < -0.3 is 15.4 Å². The van der Waals surface area contributed by atoms with Gasteiger partial charge in [0.05, 0.1) is 19.6 Å². The lowest BCUT2D eigenvalue weighted by Gasteiger charge is -2.20. The van der Waals surface area contributed by atoms with Crippen LogP contribution in [0.25, 0.3) is 0 Å². The molecule has 2 atom stereocenters. The minimum absolute atomic E-state index is 0.0432. The Morgan fingerprint density at radius 2 is 2.09 bits per heavy atom. The Hall–Kier alpha value is -2.02. The summed E-state index contributed by atoms with van der Waals surface area (Å²) >= 11 is 1.62. The topological polar surface area (TPSA) is 84.5 Å². The van der Waals surface area contributed by atoms with Crippen LogP contribution in [0.15, 0.2) is 29.2 Å². The number of benzene rings is 1. The van der Waals surface area contributed by atoms with Crippen LogP contribution in [0, 0.1) is 0 Å². The second kappa shape index (κ2) is 8.01. The molecule has 0 spiro atoms. The van der Waals surface area contributed by atoms with Crippen molar-refractivity contribution in [2.75, 3.05) is 13.4 Å². The minimum Gasteiger partial charge on any atom is -0.469 e. The van der Waals surface area contributed by atoms with E-state index in [0.29, 0.717) is 12.8 Å². The molecule has 1 aromatic carbocycles. The van der Waals surface area contributed by atoms with Crippen molar-refractivity contribution in [3.05, 3.63) is 29.8 Å². The predicted octanol–water partition coefficient (Wildman–Crippen LogP) is 1.41. The van der Waals surface area contributed by atoms with Gasteiger partial charge in [0.15, 0.2) is 0 Å². The smallest absolute Gasteiger partial charge is 0.307 e. The van der Waals surface area contributed by atoms with E-state index in [2.05, 4.69) is 10.6 Å². The largest absolute Gasteiger partial charge is 0.469 e. The van der Waals surface area contributed by atoms with Crippen LogP contribution in [-0.4, -0.2) is 37.2 Å². The number of amides is 2. The maximum atomic E-state index is 12.3. The van der Waals surface area contributed by atoms with Crippen LogP contribution in [0.3, 0.4) is 0 Å². The molecule has 1 heterocycles. The van der Waals surface area contributed by atoms with Crippen molar-refractivity contribution in [1.82, 2.24) is 10.6 Å². The number of methoxy groups -OCH3 is 1. The number of esters is 1. The zero-order chi connectivity index (χ0) is 16.8. The lowest BCUT2D eigenvalue weighted by Crippen LogP contribution is -2.43. The molecule has 0 bridgehead atoms. The normalized spacial score (nSPS) is 18.2. The van der Waals surface area contributed by atoms with Gasteiger partial charge in [0.2, 0.25) is 11.8 Å². The Labute approximate surface area is 139 Å². The van der Waals surface area contributed by atoms with E-state index < -0.39 is 18.1 Å². The predicted molar refractivity (Wildman–Crippen MR) is 86.9 cm³/mol. The van der Waals surface area contributed by atoms with Crippen LogP contribution in [0.4, 0.5) is 0 Å². The Kier molecular flexibility index (Phi) is 6.04. The fraction of sp³-hybridized carbons (Fsp3) is 0.438. The van der Waals surface area contributed by atoms with E-state index in [4.69, 9.17) is 4.74 Å². The number of thioether (sulfide) groups is 1.